The lowest BCUT2D eigenvalue weighted by atomic mass is 10.2. The van der Waals surface area contributed by atoms with E-state index >= 15 is 0 Å². The summed E-state index contributed by atoms with van der Waals surface area (Å²) in [7, 11) is 0. The molecule has 0 bridgehead atoms. The first-order valence-corrected chi connectivity index (χ1v) is 6.20. The summed E-state index contributed by atoms with van der Waals surface area (Å²) in [6.45, 7) is 4.60. The monoisotopic (exact) mass is 261 g/mol. The first-order chi connectivity index (χ1) is 9.04. The average Bonchev–Trinajstić information content (AvgIpc) is 2.34. The van der Waals surface area contributed by atoms with Crippen molar-refractivity contribution < 1.29 is 14.6 Å². The van der Waals surface area contributed by atoms with Gasteiger partial charge in [-0.2, -0.15) is 0 Å². The molecular weight excluding hydrogens is 242 g/mol. The SMILES string of the molecule is C#CCN(CCC(=O)O)c1ccccc1OC(C)C. The maximum Gasteiger partial charge on any atom is 0.305 e. The molecule has 0 heterocycles. The Bertz CT molecular complexity index is 463. The van der Waals surface area contributed by atoms with Crippen molar-refractivity contribution in [1.29, 1.82) is 0 Å². The maximum atomic E-state index is 10.7. The number of aliphatic carboxylic acids is 1. The van der Waals surface area contributed by atoms with Crippen LogP contribution in [0.25, 0.3) is 0 Å². The Balaban J connectivity index is 2.94. The number of hydrogen-bond donors (Lipinski definition) is 1. The van der Waals surface area contributed by atoms with Crippen LogP contribution in [0.15, 0.2) is 24.3 Å². The largest absolute Gasteiger partial charge is 0.489 e. The third kappa shape index (κ3) is 4.92. The molecule has 0 saturated carbocycles. The summed E-state index contributed by atoms with van der Waals surface area (Å²) in [5.74, 6) is 2.43. The van der Waals surface area contributed by atoms with E-state index < -0.39 is 5.97 Å². The standard InChI is InChI=1S/C15H19NO3/c1-4-10-16(11-9-15(17)18)13-7-5-6-8-14(13)19-12(2)3/h1,5-8,12H,9-11H2,2-3H3,(H,17,18). The van der Waals surface area contributed by atoms with E-state index in [4.69, 9.17) is 16.3 Å². The summed E-state index contributed by atoms with van der Waals surface area (Å²) >= 11 is 0. The lowest BCUT2D eigenvalue weighted by Gasteiger charge is -2.25. The molecule has 0 atom stereocenters. The smallest absolute Gasteiger partial charge is 0.305 e. The van der Waals surface area contributed by atoms with Crippen molar-refractivity contribution in [2.75, 3.05) is 18.0 Å². The number of hydrogen-bond acceptors (Lipinski definition) is 3. The molecule has 1 N–H and O–H groups in total. The quantitative estimate of drug-likeness (QED) is 0.766. The predicted octanol–water partition coefficient (Wildman–Crippen LogP) is 2.39. The van der Waals surface area contributed by atoms with E-state index in [0.29, 0.717) is 13.1 Å². The van der Waals surface area contributed by atoms with Gasteiger partial charge in [0.25, 0.3) is 0 Å². The van der Waals surface area contributed by atoms with E-state index in [2.05, 4.69) is 5.92 Å². The topological polar surface area (TPSA) is 49.8 Å². The molecule has 0 aliphatic rings. The fourth-order valence-corrected chi connectivity index (χ4v) is 1.70. The Morgan fingerprint density at radius 2 is 2.16 bits per heavy atom. The Kier molecular flexibility index (Phi) is 5.74. The van der Waals surface area contributed by atoms with Crippen molar-refractivity contribution in [2.45, 2.75) is 26.4 Å². The molecule has 0 saturated heterocycles. The van der Waals surface area contributed by atoms with E-state index in [0.717, 1.165) is 11.4 Å². The van der Waals surface area contributed by atoms with Gasteiger partial charge in [-0.15, -0.1) is 6.42 Å². The minimum absolute atomic E-state index is 0.0394. The molecule has 0 fully saturated rings. The molecule has 1 aromatic rings. The molecule has 1 aromatic carbocycles. The molecule has 0 unspecified atom stereocenters. The first kappa shape index (κ1) is 14.9. The molecule has 1 rings (SSSR count). The Hall–Kier alpha value is -2.15. The molecule has 4 heteroatoms. The number of nitrogens with zero attached hydrogens (tertiary/aromatic N) is 1. The molecular formula is C15H19NO3. The fraction of sp³-hybridized carbons (Fsp3) is 0.400. The molecule has 0 aromatic heterocycles. The predicted molar refractivity (Wildman–Crippen MR) is 75.5 cm³/mol. The zero-order chi connectivity index (χ0) is 14.3. The van der Waals surface area contributed by atoms with Crippen molar-refractivity contribution in [1.82, 2.24) is 0 Å². The summed E-state index contributed by atoms with van der Waals surface area (Å²) in [6.07, 6.45) is 5.43. The van der Waals surface area contributed by atoms with Crippen LogP contribution in [-0.4, -0.2) is 30.3 Å². The van der Waals surface area contributed by atoms with E-state index in [1.165, 1.54) is 0 Å². The van der Waals surface area contributed by atoms with Crippen molar-refractivity contribution in [2.24, 2.45) is 0 Å². The summed E-state index contributed by atoms with van der Waals surface area (Å²) < 4.78 is 5.72. The fourth-order valence-electron chi connectivity index (χ4n) is 1.70. The third-order valence-electron chi connectivity index (χ3n) is 2.45. The Labute approximate surface area is 114 Å². The zero-order valence-electron chi connectivity index (χ0n) is 11.3. The van der Waals surface area contributed by atoms with E-state index in [9.17, 15) is 4.79 Å². The highest BCUT2D eigenvalue weighted by Crippen LogP contribution is 2.28. The average molecular weight is 261 g/mol. The minimum Gasteiger partial charge on any atom is -0.489 e. The van der Waals surface area contributed by atoms with Gasteiger partial charge in [-0.25, -0.2) is 0 Å². The van der Waals surface area contributed by atoms with Crippen LogP contribution in [-0.2, 0) is 4.79 Å². The summed E-state index contributed by atoms with van der Waals surface area (Å²) in [4.78, 5) is 12.5. The molecule has 0 amide bonds. The van der Waals surface area contributed by atoms with Gasteiger partial charge >= 0.3 is 5.97 Å². The molecule has 0 radical (unpaired) electrons. The van der Waals surface area contributed by atoms with Crippen molar-refractivity contribution >= 4 is 11.7 Å². The highest BCUT2D eigenvalue weighted by atomic mass is 16.5. The van der Waals surface area contributed by atoms with Crippen molar-refractivity contribution in [3.8, 4) is 18.1 Å². The second-order valence-corrected chi connectivity index (χ2v) is 4.40. The Morgan fingerprint density at radius 1 is 1.47 bits per heavy atom. The highest BCUT2D eigenvalue weighted by molar-refractivity contribution is 5.68. The van der Waals surface area contributed by atoms with Gasteiger partial charge in [0.05, 0.1) is 24.8 Å². The van der Waals surface area contributed by atoms with Crippen LogP contribution < -0.4 is 9.64 Å². The lowest BCUT2D eigenvalue weighted by molar-refractivity contribution is -0.136. The maximum absolute atomic E-state index is 10.7. The van der Waals surface area contributed by atoms with Gasteiger partial charge in [-0.05, 0) is 26.0 Å². The molecule has 0 aliphatic heterocycles. The molecule has 0 spiro atoms. The number of carbonyl (C=O) groups is 1. The van der Waals surface area contributed by atoms with Gasteiger partial charge in [0.2, 0.25) is 0 Å². The van der Waals surface area contributed by atoms with Crippen LogP contribution in [0, 0.1) is 12.3 Å². The summed E-state index contributed by atoms with van der Waals surface area (Å²) in [5, 5.41) is 8.78. The second kappa shape index (κ2) is 7.32. The van der Waals surface area contributed by atoms with E-state index in [-0.39, 0.29) is 12.5 Å². The number of ether oxygens (including phenoxy) is 1. The molecule has 0 aliphatic carbocycles. The number of benzene rings is 1. The molecule has 102 valence electrons. The van der Waals surface area contributed by atoms with Gasteiger partial charge < -0.3 is 14.7 Å². The van der Waals surface area contributed by atoms with Crippen LogP contribution in [0.4, 0.5) is 5.69 Å². The van der Waals surface area contributed by atoms with Crippen LogP contribution in [0.5, 0.6) is 5.75 Å². The van der Waals surface area contributed by atoms with E-state index in [1.807, 2.05) is 43.0 Å². The van der Waals surface area contributed by atoms with Gasteiger partial charge in [0.1, 0.15) is 5.75 Å². The minimum atomic E-state index is -0.843. The zero-order valence-corrected chi connectivity index (χ0v) is 11.3. The van der Waals surface area contributed by atoms with Crippen molar-refractivity contribution in [3.05, 3.63) is 24.3 Å². The van der Waals surface area contributed by atoms with Crippen LogP contribution in [0.2, 0.25) is 0 Å². The molecule has 19 heavy (non-hydrogen) atoms. The summed E-state index contributed by atoms with van der Waals surface area (Å²) in [6, 6.07) is 7.51. The Morgan fingerprint density at radius 3 is 2.74 bits per heavy atom. The second-order valence-electron chi connectivity index (χ2n) is 4.40. The highest BCUT2D eigenvalue weighted by Gasteiger charge is 2.13. The van der Waals surface area contributed by atoms with Crippen molar-refractivity contribution in [3.63, 3.8) is 0 Å². The first-order valence-electron chi connectivity index (χ1n) is 6.20. The normalized spacial score (nSPS) is 10.0. The molecule has 4 nitrogen and oxygen atoms in total. The van der Waals surface area contributed by atoms with Crippen LogP contribution >= 0.6 is 0 Å². The third-order valence-corrected chi connectivity index (χ3v) is 2.45. The van der Waals surface area contributed by atoms with Gasteiger partial charge in [0.15, 0.2) is 0 Å². The van der Waals surface area contributed by atoms with Crippen LogP contribution in [0.1, 0.15) is 20.3 Å². The lowest BCUT2D eigenvalue weighted by Crippen LogP contribution is -2.27. The van der Waals surface area contributed by atoms with Gasteiger partial charge in [-0.3, -0.25) is 4.79 Å². The number of carboxylic acids is 1. The summed E-state index contributed by atoms with van der Waals surface area (Å²) in [5.41, 5.74) is 0.829. The number of carboxylic acid groups (broad SMARTS) is 1. The number of terminal acetylenes is 1. The number of rotatable bonds is 7. The van der Waals surface area contributed by atoms with Crippen LogP contribution in [0.3, 0.4) is 0 Å². The number of anilines is 1. The van der Waals surface area contributed by atoms with E-state index in [1.54, 1.807) is 0 Å². The number of para-hydroxylation sites is 2. The van der Waals surface area contributed by atoms with Gasteiger partial charge in [-0.1, -0.05) is 18.1 Å². The van der Waals surface area contributed by atoms with Gasteiger partial charge in [0, 0.05) is 6.54 Å².